The molecule has 174 valence electrons. The van der Waals surface area contributed by atoms with Gasteiger partial charge in [0.05, 0.1) is 23.0 Å². The highest BCUT2D eigenvalue weighted by Crippen LogP contribution is 2.29. The van der Waals surface area contributed by atoms with E-state index in [9.17, 15) is 0 Å². The summed E-state index contributed by atoms with van der Waals surface area (Å²) in [6.07, 6.45) is 7.97. The highest BCUT2D eigenvalue weighted by atomic mass is 15.3. The molecule has 0 radical (unpaired) electrons. The maximum Gasteiger partial charge on any atom is 0.132 e. The first-order valence-electron chi connectivity index (χ1n) is 11.7. The number of hydrogen-bond donors (Lipinski definition) is 2. The van der Waals surface area contributed by atoms with Gasteiger partial charge in [0.1, 0.15) is 11.5 Å². The third kappa shape index (κ3) is 4.75. The summed E-state index contributed by atoms with van der Waals surface area (Å²) in [7, 11) is 1.78. The van der Waals surface area contributed by atoms with Crippen molar-refractivity contribution >= 4 is 24.2 Å². The van der Waals surface area contributed by atoms with E-state index < -0.39 is 0 Å². The summed E-state index contributed by atoms with van der Waals surface area (Å²) in [5.41, 5.74) is 10.9. The van der Waals surface area contributed by atoms with Gasteiger partial charge in [-0.15, -0.1) is 0 Å². The Morgan fingerprint density at radius 3 is 2.88 bits per heavy atom. The number of anilines is 1. The van der Waals surface area contributed by atoms with Gasteiger partial charge in [-0.05, 0) is 43.4 Å². The Hall–Kier alpha value is -3.26. The van der Waals surface area contributed by atoms with Crippen molar-refractivity contribution < 1.29 is 0 Å². The highest BCUT2D eigenvalue weighted by molar-refractivity contribution is 6.20. The topological polar surface area (TPSA) is 101 Å². The average molecular weight is 447 g/mol. The number of hydrogen-bond acceptors (Lipinski definition) is 6. The molecular weight excluding hydrogens is 412 g/mol. The predicted molar refractivity (Wildman–Crippen MR) is 135 cm³/mol. The lowest BCUT2D eigenvalue weighted by Crippen LogP contribution is -2.43. The van der Waals surface area contributed by atoms with Crippen LogP contribution in [0, 0.1) is 0 Å². The molecule has 4 rings (SSSR count). The summed E-state index contributed by atoms with van der Waals surface area (Å²) in [6.45, 7) is 13.2. The van der Waals surface area contributed by atoms with Crippen LogP contribution >= 0.6 is 0 Å². The maximum absolute atomic E-state index is 6.28. The van der Waals surface area contributed by atoms with Crippen molar-refractivity contribution in [1.29, 1.82) is 0 Å². The fourth-order valence-corrected chi connectivity index (χ4v) is 4.32. The normalized spacial score (nSPS) is 17.9. The van der Waals surface area contributed by atoms with Gasteiger partial charge in [-0.1, -0.05) is 26.5 Å². The van der Waals surface area contributed by atoms with Gasteiger partial charge < -0.3 is 10.6 Å². The van der Waals surface area contributed by atoms with Crippen LogP contribution in [-0.4, -0.2) is 56.9 Å². The predicted octanol–water partition coefficient (Wildman–Crippen LogP) is 2.05. The summed E-state index contributed by atoms with van der Waals surface area (Å²) in [6, 6.07) is 4.40. The molecule has 4 heterocycles. The van der Waals surface area contributed by atoms with Crippen molar-refractivity contribution in [2.75, 3.05) is 25.0 Å². The van der Waals surface area contributed by atoms with E-state index in [0.717, 1.165) is 71.5 Å². The number of nitrogens with one attached hydrogen (secondary N) is 1. The van der Waals surface area contributed by atoms with Gasteiger partial charge in [0.2, 0.25) is 0 Å². The zero-order valence-electron chi connectivity index (χ0n) is 20.0. The van der Waals surface area contributed by atoms with Gasteiger partial charge >= 0.3 is 0 Å². The van der Waals surface area contributed by atoms with Crippen LogP contribution in [0.15, 0.2) is 29.5 Å². The molecule has 1 aliphatic rings. The van der Waals surface area contributed by atoms with Crippen molar-refractivity contribution in [2.24, 2.45) is 10.7 Å². The third-order valence-electron chi connectivity index (χ3n) is 6.19. The van der Waals surface area contributed by atoms with Crippen LogP contribution in [0.1, 0.15) is 50.7 Å². The number of nitrogens with two attached hydrogens (primary N) is 1. The number of aryl methyl sites for hydroxylation is 1. The lowest BCUT2D eigenvalue weighted by Gasteiger charge is -2.33. The summed E-state index contributed by atoms with van der Waals surface area (Å²) < 4.78 is 1.89. The van der Waals surface area contributed by atoms with E-state index in [1.165, 1.54) is 5.56 Å². The molecule has 0 spiro atoms. The number of H-pyrrole nitrogens is 1. The molecule has 1 aliphatic heterocycles. The largest absolute Gasteiger partial charge is 0.355 e. The van der Waals surface area contributed by atoms with Gasteiger partial charge in [0.25, 0.3) is 0 Å². The van der Waals surface area contributed by atoms with Gasteiger partial charge in [-0.25, -0.2) is 4.98 Å². The number of aromatic nitrogens is 5. The SMILES string of the molecule is C=c1[nH]nc(-c2ccc(C(C)C)c(N3CCC[C@H](N)C3)n2)/c1=C/C(=NC)c1cnn(CC)c1. The second-order valence-electron chi connectivity index (χ2n) is 8.91. The minimum Gasteiger partial charge on any atom is -0.355 e. The van der Waals surface area contributed by atoms with Crippen molar-refractivity contribution in [3.63, 3.8) is 0 Å². The van der Waals surface area contributed by atoms with Gasteiger partial charge in [0, 0.05) is 49.7 Å². The van der Waals surface area contributed by atoms with Crippen LogP contribution in [0.3, 0.4) is 0 Å². The Morgan fingerprint density at radius 2 is 2.21 bits per heavy atom. The van der Waals surface area contributed by atoms with Crippen LogP contribution in [0.2, 0.25) is 0 Å². The lowest BCUT2D eigenvalue weighted by molar-refractivity contribution is 0.501. The molecule has 33 heavy (non-hydrogen) atoms. The molecule has 1 saturated heterocycles. The van der Waals surface area contributed by atoms with Gasteiger partial charge in [-0.3, -0.25) is 14.8 Å². The van der Waals surface area contributed by atoms with E-state index in [0.29, 0.717) is 5.92 Å². The van der Waals surface area contributed by atoms with E-state index in [1.54, 1.807) is 7.05 Å². The molecule has 3 N–H and O–H groups in total. The molecule has 1 atom stereocenters. The van der Waals surface area contributed by atoms with Gasteiger partial charge in [-0.2, -0.15) is 10.2 Å². The molecule has 8 heteroatoms. The minimum atomic E-state index is 0.178. The summed E-state index contributed by atoms with van der Waals surface area (Å²) >= 11 is 0. The van der Waals surface area contributed by atoms with E-state index in [1.807, 2.05) is 29.2 Å². The Bertz CT molecular complexity index is 1250. The Balaban J connectivity index is 1.80. The molecule has 0 saturated carbocycles. The smallest absolute Gasteiger partial charge is 0.132 e. The first kappa shape index (κ1) is 22.9. The van der Waals surface area contributed by atoms with E-state index in [4.69, 9.17) is 10.7 Å². The van der Waals surface area contributed by atoms with Crippen molar-refractivity contribution in [3.8, 4) is 11.4 Å². The van der Waals surface area contributed by atoms with Crippen molar-refractivity contribution in [2.45, 2.75) is 52.1 Å². The van der Waals surface area contributed by atoms with Crippen molar-refractivity contribution in [3.05, 3.63) is 46.2 Å². The molecule has 0 unspecified atom stereocenters. The Kier molecular flexibility index (Phi) is 6.74. The second-order valence-corrected chi connectivity index (χ2v) is 8.91. The monoisotopic (exact) mass is 446 g/mol. The molecule has 3 aromatic heterocycles. The van der Waals surface area contributed by atoms with E-state index >= 15 is 0 Å². The standard InChI is InChI=1S/C25H34N8/c1-6-33-14-18(13-28-33)23(27-5)12-21-17(4)30-31-24(21)22-10-9-20(16(2)3)25(29-22)32-11-7-8-19(26)15-32/h9-10,12-14,16,19,30H,4,6-8,11,15,26H2,1-3,5H3/b21-12+,27-23?/t19-/m0/s1. The number of pyridine rings is 1. The summed E-state index contributed by atoms with van der Waals surface area (Å²) in [5, 5.41) is 13.6. The fraction of sp³-hybridized carbons (Fsp3) is 0.440. The highest BCUT2D eigenvalue weighted by Gasteiger charge is 2.22. The molecule has 8 nitrogen and oxygen atoms in total. The zero-order valence-corrected chi connectivity index (χ0v) is 20.0. The second kappa shape index (κ2) is 9.70. The average Bonchev–Trinajstić information content (AvgIpc) is 3.43. The first-order chi connectivity index (χ1) is 15.9. The van der Waals surface area contributed by atoms with E-state index in [2.05, 4.69) is 58.6 Å². The molecule has 0 aliphatic carbocycles. The fourth-order valence-electron chi connectivity index (χ4n) is 4.32. The number of nitrogens with zero attached hydrogens (tertiary/aromatic N) is 6. The van der Waals surface area contributed by atoms with Crippen molar-refractivity contribution in [1.82, 2.24) is 25.0 Å². The number of rotatable bonds is 6. The number of aromatic amines is 1. The molecule has 1 fully saturated rings. The Morgan fingerprint density at radius 1 is 1.39 bits per heavy atom. The lowest BCUT2D eigenvalue weighted by atomic mass is 10.00. The molecule has 3 aromatic rings. The summed E-state index contributed by atoms with van der Waals surface area (Å²) in [5.74, 6) is 1.37. The van der Waals surface area contributed by atoms with Crippen LogP contribution in [0.4, 0.5) is 5.82 Å². The van der Waals surface area contributed by atoms with Crippen LogP contribution in [-0.2, 0) is 6.54 Å². The van der Waals surface area contributed by atoms with Gasteiger partial charge in [0.15, 0.2) is 0 Å². The number of piperidine rings is 1. The Labute approximate surface area is 194 Å². The molecule has 0 aromatic carbocycles. The summed E-state index contributed by atoms with van der Waals surface area (Å²) in [4.78, 5) is 11.9. The minimum absolute atomic E-state index is 0.178. The molecule has 0 amide bonds. The van der Waals surface area contributed by atoms with Crippen LogP contribution < -0.4 is 21.2 Å². The van der Waals surface area contributed by atoms with Crippen LogP contribution in [0.5, 0.6) is 0 Å². The quantitative estimate of drug-likeness (QED) is 0.565. The van der Waals surface area contributed by atoms with E-state index in [-0.39, 0.29) is 6.04 Å². The zero-order chi connectivity index (χ0) is 23.5. The molecule has 0 bridgehead atoms. The third-order valence-corrected chi connectivity index (χ3v) is 6.19. The van der Waals surface area contributed by atoms with Crippen LogP contribution in [0.25, 0.3) is 24.0 Å². The maximum atomic E-state index is 6.28. The first-order valence-corrected chi connectivity index (χ1v) is 11.7. The molecular formula is C25H34N8. The number of aliphatic imine (C=N–C) groups is 1.